The number of aromatic nitrogens is 3. The van der Waals surface area contributed by atoms with Crippen molar-refractivity contribution in [2.45, 2.75) is 13.1 Å². The summed E-state index contributed by atoms with van der Waals surface area (Å²) in [4.78, 5) is 4.33. The van der Waals surface area contributed by atoms with E-state index in [1.807, 2.05) is 6.92 Å². The van der Waals surface area contributed by atoms with Gasteiger partial charge in [-0.15, -0.1) is 5.10 Å². The summed E-state index contributed by atoms with van der Waals surface area (Å²) in [5.41, 5.74) is 5.84. The van der Waals surface area contributed by atoms with Crippen molar-refractivity contribution >= 4 is 11.3 Å². The number of rotatable bonds is 3. The zero-order chi connectivity index (χ0) is 16.6. The fourth-order valence-corrected chi connectivity index (χ4v) is 2.21. The largest absolute Gasteiger partial charge is 0.477 e. The molecule has 1 aromatic carbocycles. The third-order valence-electron chi connectivity index (χ3n) is 3.24. The highest BCUT2D eigenvalue weighted by molar-refractivity contribution is 5.68. The van der Waals surface area contributed by atoms with Gasteiger partial charge >= 0.3 is 6.18 Å². The number of halogens is 3. The maximum Gasteiger partial charge on any atom is 0.418 e. The first-order chi connectivity index (χ1) is 10.9. The van der Waals surface area contributed by atoms with Gasteiger partial charge in [0.25, 0.3) is 0 Å². The number of fused-ring (bicyclic) bond motifs is 1. The second-order valence-electron chi connectivity index (χ2n) is 4.83. The summed E-state index contributed by atoms with van der Waals surface area (Å²) in [6, 6.07) is 6.94. The number of hydrogen-bond acceptors (Lipinski definition) is 4. The van der Waals surface area contributed by atoms with Gasteiger partial charge in [-0.3, -0.25) is 0 Å². The van der Waals surface area contributed by atoms with Gasteiger partial charge in [0.2, 0.25) is 5.88 Å². The van der Waals surface area contributed by atoms with Gasteiger partial charge in [0.1, 0.15) is 0 Å². The van der Waals surface area contributed by atoms with Crippen LogP contribution in [-0.4, -0.2) is 21.2 Å². The van der Waals surface area contributed by atoms with Crippen LogP contribution in [0.3, 0.4) is 0 Å². The van der Waals surface area contributed by atoms with Crippen LogP contribution in [0.1, 0.15) is 12.5 Å². The molecule has 2 aromatic heterocycles. The van der Waals surface area contributed by atoms with Crippen molar-refractivity contribution < 1.29 is 17.9 Å². The smallest absolute Gasteiger partial charge is 0.418 e. The summed E-state index contributed by atoms with van der Waals surface area (Å²) in [5, 5.41) is 4.21. The number of anilines is 1. The molecule has 0 spiro atoms. The van der Waals surface area contributed by atoms with Crippen molar-refractivity contribution in [3.8, 4) is 17.1 Å². The molecule has 2 heterocycles. The minimum Gasteiger partial charge on any atom is -0.477 e. The number of nitrogens with zero attached hydrogens (tertiary/aromatic N) is 3. The Hall–Kier alpha value is -2.77. The van der Waals surface area contributed by atoms with Gasteiger partial charge in [-0.2, -0.15) is 13.2 Å². The van der Waals surface area contributed by atoms with Crippen LogP contribution < -0.4 is 10.5 Å². The van der Waals surface area contributed by atoms with Gasteiger partial charge in [-0.25, -0.2) is 9.50 Å². The van der Waals surface area contributed by atoms with Crippen LogP contribution in [0.2, 0.25) is 0 Å². The molecule has 0 unspecified atom stereocenters. The molecule has 120 valence electrons. The summed E-state index contributed by atoms with van der Waals surface area (Å²) in [6.45, 7) is 2.33. The summed E-state index contributed by atoms with van der Waals surface area (Å²) in [6.07, 6.45) is -2.87. The van der Waals surface area contributed by atoms with Crippen LogP contribution in [0.5, 0.6) is 5.88 Å². The van der Waals surface area contributed by atoms with Crippen LogP contribution >= 0.6 is 0 Å². The molecule has 0 saturated carbocycles. The van der Waals surface area contributed by atoms with Crippen LogP contribution in [0.4, 0.5) is 18.9 Å². The van der Waals surface area contributed by atoms with Crippen LogP contribution in [-0.2, 0) is 6.18 Å². The lowest BCUT2D eigenvalue weighted by atomic mass is 10.1. The maximum absolute atomic E-state index is 12.7. The normalized spacial score (nSPS) is 11.8. The van der Waals surface area contributed by atoms with E-state index in [0.717, 1.165) is 6.07 Å². The van der Waals surface area contributed by atoms with Crippen LogP contribution in [0.25, 0.3) is 16.9 Å². The first-order valence-electron chi connectivity index (χ1n) is 6.85. The van der Waals surface area contributed by atoms with Crippen molar-refractivity contribution in [2.75, 3.05) is 12.3 Å². The molecule has 0 saturated heterocycles. The highest BCUT2D eigenvalue weighted by atomic mass is 19.4. The first-order valence-corrected chi connectivity index (χ1v) is 6.85. The minimum absolute atomic E-state index is 0.338. The molecule has 2 N–H and O–H groups in total. The van der Waals surface area contributed by atoms with E-state index in [1.54, 1.807) is 18.3 Å². The average Bonchev–Trinajstić information content (AvgIpc) is 2.89. The van der Waals surface area contributed by atoms with E-state index in [2.05, 4.69) is 10.1 Å². The second-order valence-corrected chi connectivity index (χ2v) is 4.83. The van der Waals surface area contributed by atoms with Gasteiger partial charge in [0.15, 0.2) is 5.65 Å². The molecule has 0 bridgehead atoms. The van der Waals surface area contributed by atoms with Gasteiger partial charge in [0, 0.05) is 17.3 Å². The molecule has 0 aliphatic rings. The van der Waals surface area contributed by atoms with Gasteiger partial charge in [-0.1, -0.05) is 6.07 Å². The number of imidazole rings is 1. The topological polar surface area (TPSA) is 65.4 Å². The standard InChI is InChI=1S/C15H13F3N4O/c1-2-23-14-6-5-13-20-12(8-22(13)21-14)9-3-4-10(11(19)7-9)15(16,17)18/h3-8H,2,19H2,1H3. The quantitative estimate of drug-likeness (QED) is 0.751. The summed E-state index contributed by atoms with van der Waals surface area (Å²) >= 11 is 0. The molecule has 5 nitrogen and oxygen atoms in total. The summed E-state index contributed by atoms with van der Waals surface area (Å²) < 4.78 is 45.0. The van der Waals surface area contributed by atoms with E-state index in [1.165, 1.54) is 16.6 Å². The zero-order valence-corrected chi connectivity index (χ0v) is 12.1. The molecular weight excluding hydrogens is 309 g/mol. The Morgan fingerprint density at radius 3 is 2.65 bits per heavy atom. The lowest BCUT2D eigenvalue weighted by molar-refractivity contribution is -0.136. The monoisotopic (exact) mass is 322 g/mol. The molecule has 0 aliphatic heterocycles. The van der Waals surface area contributed by atoms with Crippen molar-refractivity contribution in [1.29, 1.82) is 0 Å². The van der Waals surface area contributed by atoms with Crippen LogP contribution in [0, 0.1) is 0 Å². The highest BCUT2D eigenvalue weighted by Crippen LogP contribution is 2.35. The first kappa shape index (κ1) is 15.1. The fourth-order valence-electron chi connectivity index (χ4n) is 2.21. The molecule has 0 amide bonds. The van der Waals surface area contributed by atoms with E-state index in [-0.39, 0.29) is 5.69 Å². The molecule has 0 atom stereocenters. The summed E-state index contributed by atoms with van der Waals surface area (Å²) in [5.74, 6) is 0.441. The lowest BCUT2D eigenvalue weighted by Gasteiger charge is -2.10. The number of alkyl halides is 3. The molecule has 0 aliphatic carbocycles. The SMILES string of the molecule is CCOc1ccc2nc(-c3ccc(C(F)(F)F)c(N)c3)cn2n1. The Labute approximate surface area is 129 Å². The van der Waals surface area contributed by atoms with E-state index >= 15 is 0 Å². The predicted octanol–water partition coefficient (Wildman–Crippen LogP) is 3.40. The fraction of sp³-hybridized carbons (Fsp3) is 0.200. The summed E-state index contributed by atoms with van der Waals surface area (Å²) in [7, 11) is 0. The third-order valence-corrected chi connectivity index (χ3v) is 3.24. The molecule has 0 fully saturated rings. The molecule has 0 radical (unpaired) electrons. The zero-order valence-electron chi connectivity index (χ0n) is 12.1. The van der Waals surface area contributed by atoms with E-state index in [4.69, 9.17) is 10.5 Å². The number of benzene rings is 1. The molecule has 23 heavy (non-hydrogen) atoms. The van der Waals surface area contributed by atoms with Crippen LogP contribution in [0.15, 0.2) is 36.5 Å². The van der Waals surface area contributed by atoms with Gasteiger partial charge < -0.3 is 10.5 Å². The van der Waals surface area contributed by atoms with Gasteiger partial charge in [0.05, 0.1) is 24.1 Å². The third kappa shape index (κ3) is 2.92. The molecular formula is C15H13F3N4O. The van der Waals surface area contributed by atoms with Crippen molar-refractivity contribution in [3.05, 3.63) is 42.1 Å². The average molecular weight is 322 g/mol. The van der Waals surface area contributed by atoms with E-state index in [0.29, 0.717) is 29.4 Å². The highest BCUT2D eigenvalue weighted by Gasteiger charge is 2.32. The Kier molecular flexibility index (Phi) is 3.59. The molecule has 3 rings (SSSR count). The predicted molar refractivity (Wildman–Crippen MR) is 79.0 cm³/mol. The Bertz CT molecular complexity index is 858. The molecule has 3 aromatic rings. The second kappa shape index (κ2) is 5.45. The number of hydrogen-bond donors (Lipinski definition) is 1. The number of nitrogens with two attached hydrogens (primary N) is 1. The number of ether oxygens (including phenoxy) is 1. The van der Waals surface area contributed by atoms with E-state index < -0.39 is 11.7 Å². The van der Waals surface area contributed by atoms with Crippen molar-refractivity contribution in [2.24, 2.45) is 0 Å². The minimum atomic E-state index is -4.48. The van der Waals surface area contributed by atoms with Gasteiger partial charge in [-0.05, 0) is 25.1 Å². The Balaban J connectivity index is 2.01. The Morgan fingerprint density at radius 1 is 1.22 bits per heavy atom. The van der Waals surface area contributed by atoms with Crippen molar-refractivity contribution in [1.82, 2.24) is 14.6 Å². The Morgan fingerprint density at radius 2 is 2.00 bits per heavy atom. The maximum atomic E-state index is 12.7. The number of nitrogen functional groups attached to an aromatic ring is 1. The van der Waals surface area contributed by atoms with Crippen molar-refractivity contribution in [3.63, 3.8) is 0 Å². The van der Waals surface area contributed by atoms with E-state index in [9.17, 15) is 13.2 Å². The molecule has 8 heteroatoms. The lowest BCUT2D eigenvalue weighted by Crippen LogP contribution is -2.08.